The van der Waals surface area contributed by atoms with E-state index in [2.05, 4.69) is 4.98 Å². The summed E-state index contributed by atoms with van der Waals surface area (Å²) in [5, 5.41) is 10.8. The molecular weight excluding hydrogens is 368 g/mol. The number of anilines is 1. The van der Waals surface area contributed by atoms with Crippen LogP contribution in [0.15, 0.2) is 41.5 Å². The highest BCUT2D eigenvalue weighted by molar-refractivity contribution is 6.31. The monoisotopic (exact) mass is 390 g/mol. The van der Waals surface area contributed by atoms with Crippen LogP contribution >= 0.6 is 11.6 Å². The van der Waals surface area contributed by atoms with E-state index in [4.69, 9.17) is 17.3 Å². The van der Waals surface area contributed by atoms with Crippen LogP contribution in [0.25, 0.3) is 0 Å². The van der Waals surface area contributed by atoms with Gasteiger partial charge in [-0.1, -0.05) is 41.9 Å². The normalized spacial score (nSPS) is 16.3. The SMILES string of the molecule is Nc1c(Cl)ncn(CC2(O)CCN(C(=O)CCc3ccccc3)CC2)c1=O. The maximum Gasteiger partial charge on any atom is 0.278 e. The Morgan fingerprint density at radius 2 is 1.93 bits per heavy atom. The van der Waals surface area contributed by atoms with Gasteiger partial charge < -0.3 is 15.7 Å². The first kappa shape index (κ1) is 19.4. The average molecular weight is 391 g/mol. The van der Waals surface area contributed by atoms with Gasteiger partial charge in [0.25, 0.3) is 5.56 Å². The van der Waals surface area contributed by atoms with Crippen LogP contribution in [0, 0.1) is 0 Å². The number of amides is 1. The number of piperidine rings is 1. The third kappa shape index (κ3) is 4.67. The van der Waals surface area contributed by atoms with E-state index in [0.717, 1.165) is 5.56 Å². The molecule has 2 heterocycles. The lowest BCUT2D eigenvalue weighted by Crippen LogP contribution is -2.49. The van der Waals surface area contributed by atoms with E-state index < -0.39 is 11.2 Å². The van der Waals surface area contributed by atoms with Crippen LogP contribution in [0.2, 0.25) is 5.15 Å². The first-order valence-corrected chi connectivity index (χ1v) is 9.30. The summed E-state index contributed by atoms with van der Waals surface area (Å²) in [6.45, 7) is 0.983. The number of carbonyl (C=O) groups excluding carboxylic acids is 1. The van der Waals surface area contributed by atoms with Gasteiger partial charge in [0.15, 0.2) is 5.15 Å². The van der Waals surface area contributed by atoms with Crippen molar-refractivity contribution in [3.05, 3.63) is 57.7 Å². The number of halogens is 1. The van der Waals surface area contributed by atoms with Crippen molar-refractivity contribution in [3.63, 3.8) is 0 Å². The Bertz CT molecular complexity index is 861. The van der Waals surface area contributed by atoms with E-state index in [9.17, 15) is 14.7 Å². The van der Waals surface area contributed by atoms with Crippen molar-refractivity contribution in [1.82, 2.24) is 14.5 Å². The van der Waals surface area contributed by atoms with E-state index in [1.165, 1.54) is 10.9 Å². The van der Waals surface area contributed by atoms with Crippen molar-refractivity contribution >= 4 is 23.2 Å². The molecule has 0 saturated carbocycles. The molecule has 0 spiro atoms. The molecule has 7 nitrogen and oxygen atoms in total. The molecular formula is C19H23ClN4O3. The van der Waals surface area contributed by atoms with Gasteiger partial charge in [-0.25, -0.2) is 4.98 Å². The number of likely N-dealkylation sites (tertiary alicyclic amines) is 1. The molecule has 0 atom stereocenters. The number of nitrogens with zero attached hydrogens (tertiary/aromatic N) is 3. The molecule has 0 radical (unpaired) electrons. The van der Waals surface area contributed by atoms with Crippen molar-refractivity contribution < 1.29 is 9.90 Å². The molecule has 8 heteroatoms. The third-order valence-corrected chi connectivity index (χ3v) is 5.31. The zero-order chi connectivity index (χ0) is 19.4. The molecule has 2 aromatic rings. The van der Waals surface area contributed by atoms with Crippen LogP contribution in [-0.2, 0) is 17.8 Å². The van der Waals surface area contributed by atoms with Gasteiger partial charge in [-0.3, -0.25) is 14.2 Å². The van der Waals surface area contributed by atoms with E-state index in [1.54, 1.807) is 4.90 Å². The van der Waals surface area contributed by atoms with Crippen LogP contribution in [0.3, 0.4) is 0 Å². The number of benzene rings is 1. The van der Waals surface area contributed by atoms with Gasteiger partial charge in [-0.05, 0) is 24.8 Å². The van der Waals surface area contributed by atoms with Gasteiger partial charge in [-0.2, -0.15) is 0 Å². The lowest BCUT2D eigenvalue weighted by Gasteiger charge is -2.38. The second-order valence-electron chi connectivity index (χ2n) is 6.97. The van der Waals surface area contributed by atoms with Crippen LogP contribution in [0.1, 0.15) is 24.8 Å². The Balaban J connectivity index is 1.55. The van der Waals surface area contributed by atoms with Crippen molar-refractivity contribution in [2.75, 3.05) is 18.8 Å². The highest BCUT2D eigenvalue weighted by Gasteiger charge is 2.34. The number of aryl methyl sites for hydroxylation is 1. The quantitative estimate of drug-likeness (QED) is 0.753. The molecule has 144 valence electrons. The van der Waals surface area contributed by atoms with E-state index in [1.807, 2.05) is 30.3 Å². The first-order valence-electron chi connectivity index (χ1n) is 8.92. The number of aromatic nitrogens is 2. The second kappa shape index (κ2) is 8.10. The molecule has 3 N–H and O–H groups in total. The summed E-state index contributed by atoms with van der Waals surface area (Å²) < 4.78 is 1.27. The summed E-state index contributed by atoms with van der Waals surface area (Å²) in [6.07, 6.45) is 3.21. The van der Waals surface area contributed by atoms with E-state index >= 15 is 0 Å². The maximum atomic E-state index is 12.4. The zero-order valence-electron chi connectivity index (χ0n) is 15.0. The maximum absolute atomic E-state index is 12.4. The lowest BCUT2D eigenvalue weighted by molar-refractivity contribution is -0.135. The lowest BCUT2D eigenvalue weighted by atomic mass is 9.91. The smallest absolute Gasteiger partial charge is 0.278 e. The number of hydrogen-bond donors (Lipinski definition) is 2. The fourth-order valence-corrected chi connectivity index (χ4v) is 3.42. The van der Waals surface area contributed by atoms with Crippen molar-refractivity contribution in [2.45, 2.75) is 37.8 Å². The molecule has 1 aromatic heterocycles. The number of rotatable bonds is 5. The minimum atomic E-state index is -1.08. The fourth-order valence-electron chi connectivity index (χ4n) is 3.30. The first-order chi connectivity index (χ1) is 12.9. The molecule has 1 amide bonds. The molecule has 27 heavy (non-hydrogen) atoms. The average Bonchev–Trinajstić information content (AvgIpc) is 2.68. The van der Waals surface area contributed by atoms with Crippen molar-refractivity contribution in [2.24, 2.45) is 0 Å². The van der Waals surface area contributed by atoms with Crippen molar-refractivity contribution in [3.8, 4) is 0 Å². The highest BCUT2D eigenvalue weighted by Crippen LogP contribution is 2.24. The fraction of sp³-hybridized carbons (Fsp3) is 0.421. The summed E-state index contributed by atoms with van der Waals surface area (Å²) in [5.41, 5.74) is 5.07. The molecule has 1 aliphatic heterocycles. The Kier molecular flexibility index (Phi) is 5.82. The highest BCUT2D eigenvalue weighted by atomic mass is 35.5. The minimum Gasteiger partial charge on any atom is -0.392 e. The van der Waals surface area contributed by atoms with Gasteiger partial charge in [0.2, 0.25) is 5.91 Å². The summed E-state index contributed by atoms with van der Waals surface area (Å²) in [4.78, 5) is 30.2. The molecule has 1 aliphatic rings. The summed E-state index contributed by atoms with van der Waals surface area (Å²) in [6, 6.07) is 9.88. The number of nitrogens with two attached hydrogens (primary N) is 1. The van der Waals surface area contributed by atoms with Gasteiger partial charge in [0, 0.05) is 19.5 Å². The summed E-state index contributed by atoms with van der Waals surface area (Å²) >= 11 is 5.74. The Morgan fingerprint density at radius 1 is 1.26 bits per heavy atom. The van der Waals surface area contributed by atoms with Crippen LogP contribution < -0.4 is 11.3 Å². The molecule has 1 aromatic carbocycles. The Morgan fingerprint density at radius 3 is 2.59 bits per heavy atom. The number of aliphatic hydroxyl groups is 1. The predicted octanol–water partition coefficient (Wildman–Crippen LogP) is 1.47. The predicted molar refractivity (Wildman–Crippen MR) is 103 cm³/mol. The summed E-state index contributed by atoms with van der Waals surface area (Å²) in [7, 11) is 0. The van der Waals surface area contributed by atoms with E-state index in [0.29, 0.717) is 38.8 Å². The molecule has 0 aliphatic carbocycles. The van der Waals surface area contributed by atoms with Gasteiger partial charge >= 0.3 is 0 Å². The summed E-state index contributed by atoms with van der Waals surface area (Å²) in [5.74, 6) is 0.0791. The minimum absolute atomic E-state index is 0.0397. The Hall–Kier alpha value is -2.38. The topological polar surface area (TPSA) is 101 Å². The van der Waals surface area contributed by atoms with Crippen LogP contribution in [-0.4, -0.2) is 44.2 Å². The largest absolute Gasteiger partial charge is 0.392 e. The zero-order valence-corrected chi connectivity index (χ0v) is 15.7. The molecule has 0 bridgehead atoms. The van der Waals surface area contributed by atoms with Gasteiger partial charge in [-0.15, -0.1) is 0 Å². The van der Waals surface area contributed by atoms with Gasteiger partial charge in [0.1, 0.15) is 5.69 Å². The van der Waals surface area contributed by atoms with Crippen LogP contribution in [0.4, 0.5) is 5.69 Å². The number of carbonyl (C=O) groups is 1. The van der Waals surface area contributed by atoms with Crippen LogP contribution in [0.5, 0.6) is 0 Å². The molecule has 3 rings (SSSR count). The number of nitrogen functional groups attached to an aromatic ring is 1. The Labute approximate surface area is 162 Å². The third-order valence-electron chi connectivity index (χ3n) is 5.01. The molecule has 1 fully saturated rings. The molecule has 1 saturated heterocycles. The standard InChI is InChI=1S/C19H23ClN4O3/c20-17-16(21)18(26)24(13-22-17)12-19(27)8-10-23(11-9-19)15(25)7-6-14-4-2-1-3-5-14/h1-5,13,27H,6-12,21H2. The van der Waals surface area contributed by atoms with Crippen molar-refractivity contribution in [1.29, 1.82) is 0 Å². The molecule has 0 unspecified atom stereocenters. The number of hydrogen-bond acceptors (Lipinski definition) is 5. The van der Waals surface area contributed by atoms with E-state index in [-0.39, 0.29) is 23.3 Å². The van der Waals surface area contributed by atoms with Gasteiger partial charge in [0.05, 0.1) is 18.5 Å². The second-order valence-corrected chi connectivity index (χ2v) is 7.33.